The minimum atomic E-state index is -0.336. The lowest BCUT2D eigenvalue weighted by Gasteiger charge is -2.21. The van der Waals surface area contributed by atoms with Gasteiger partial charge in [-0.1, -0.05) is 22.0 Å². The monoisotopic (exact) mass is 408 g/mol. The van der Waals surface area contributed by atoms with Crippen LogP contribution in [0.25, 0.3) is 0 Å². The molecule has 2 amide bonds. The molecule has 1 heterocycles. The van der Waals surface area contributed by atoms with Crippen LogP contribution in [0, 0.1) is 12.7 Å². The average molecular weight is 409 g/mol. The predicted octanol–water partition coefficient (Wildman–Crippen LogP) is 4.13. The molecule has 0 aliphatic carbocycles. The molecule has 5 nitrogen and oxygen atoms in total. The lowest BCUT2D eigenvalue weighted by Crippen LogP contribution is -2.30. The maximum absolute atomic E-state index is 13.7. The number of halogens is 2. The number of ether oxygens (including phenoxy) is 2. The zero-order valence-electron chi connectivity index (χ0n) is 13.7. The Morgan fingerprint density at radius 1 is 1.32 bits per heavy atom. The molecule has 25 heavy (non-hydrogen) atoms. The summed E-state index contributed by atoms with van der Waals surface area (Å²) in [5, 5.41) is 5.53. The zero-order chi connectivity index (χ0) is 17.8. The van der Waals surface area contributed by atoms with Gasteiger partial charge in [-0.05, 0) is 48.7 Å². The quantitative estimate of drug-likeness (QED) is 0.799. The summed E-state index contributed by atoms with van der Waals surface area (Å²) >= 11 is 3.43. The molecule has 2 aromatic carbocycles. The Kier molecular flexibility index (Phi) is 5.55. The molecule has 0 bridgehead atoms. The molecule has 0 fully saturated rings. The van der Waals surface area contributed by atoms with E-state index in [9.17, 15) is 9.18 Å². The van der Waals surface area contributed by atoms with Gasteiger partial charge in [0.25, 0.3) is 0 Å². The first-order valence-corrected chi connectivity index (χ1v) is 8.65. The standard InChI is InChI=1S/C18H18BrFN2O3/c1-11-2-3-15(8-16(11)19)22-18(23)21-5-4-12-6-14(20)7-13-9-24-10-25-17(12)13/h2-3,6-8H,4-5,9-10H2,1H3,(H2,21,22,23). The highest BCUT2D eigenvalue weighted by atomic mass is 79.9. The summed E-state index contributed by atoms with van der Waals surface area (Å²) in [6.45, 7) is 2.82. The molecule has 7 heteroatoms. The Balaban J connectivity index is 1.57. The number of hydrogen-bond acceptors (Lipinski definition) is 3. The van der Waals surface area contributed by atoms with E-state index in [4.69, 9.17) is 9.47 Å². The molecule has 0 radical (unpaired) electrons. The maximum Gasteiger partial charge on any atom is 0.319 e. The van der Waals surface area contributed by atoms with Gasteiger partial charge in [0.2, 0.25) is 0 Å². The van der Waals surface area contributed by atoms with Crippen molar-refractivity contribution in [3.63, 3.8) is 0 Å². The van der Waals surface area contributed by atoms with Gasteiger partial charge in [-0.25, -0.2) is 9.18 Å². The smallest absolute Gasteiger partial charge is 0.319 e. The number of carbonyl (C=O) groups excluding carboxylic acids is 1. The largest absolute Gasteiger partial charge is 0.467 e. The highest BCUT2D eigenvalue weighted by molar-refractivity contribution is 9.10. The molecule has 0 saturated carbocycles. The van der Waals surface area contributed by atoms with Crippen LogP contribution in [0.4, 0.5) is 14.9 Å². The highest BCUT2D eigenvalue weighted by Crippen LogP contribution is 2.29. The zero-order valence-corrected chi connectivity index (χ0v) is 15.3. The van der Waals surface area contributed by atoms with Crippen molar-refractivity contribution >= 4 is 27.6 Å². The number of benzene rings is 2. The van der Waals surface area contributed by atoms with Crippen LogP contribution in [0.2, 0.25) is 0 Å². The van der Waals surface area contributed by atoms with E-state index in [0.717, 1.165) is 15.6 Å². The molecular weight excluding hydrogens is 391 g/mol. The van der Waals surface area contributed by atoms with Gasteiger partial charge in [-0.2, -0.15) is 0 Å². The average Bonchev–Trinajstić information content (AvgIpc) is 2.58. The summed E-state index contributed by atoms with van der Waals surface area (Å²) in [5.74, 6) is 0.314. The molecule has 0 aromatic heterocycles. The van der Waals surface area contributed by atoms with E-state index in [1.54, 1.807) is 0 Å². The van der Waals surface area contributed by atoms with Gasteiger partial charge < -0.3 is 20.1 Å². The molecule has 3 rings (SSSR count). The van der Waals surface area contributed by atoms with Gasteiger partial charge in [0, 0.05) is 22.3 Å². The van der Waals surface area contributed by atoms with Crippen LogP contribution in [0.15, 0.2) is 34.8 Å². The minimum absolute atomic E-state index is 0.155. The number of fused-ring (bicyclic) bond motifs is 1. The van der Waals surface area contributed by atoms with Gasteiger partial charge in [-0.3, -0.25) is 0 Å². The van der Waals surface area contributed by atoms with Gasteiger partial charge in [0.1, 0.15) is 11.6 Å². The number of anilines is 1. The van der Waals surface area contributed by atoms with Crippen LogP contribution in [-0.2, 0) is 17.8 Å². The highest BCUT2D eigenvalue weighted by Gasteiger charge is 2.17. The van der Waals surface area contributed by atoms with Crippen molar-refractivity contribution in [2.24, 2.45) is 0 Å². The molecule has 0 unspecified atom stereocenters. The number of amides is 2. The van der Waals surface area contributed by atoms with E-state index in [2.05, 4.69) is 26.6 Å². The Hall–Kier alpha value is -2.12. The van der Waals surface area contributed by atoms with E-state index >= 15 is 0 Å². The summed E-state index contributed by atoms with van der Waals surface area (Å²) < 4.78 is 25.2. The molecule has 0 atom stereocenters. The van der Waals surface area contributed by atoms with Crippen molar-refractivity contribution < 1.29 is 18.7 Å². The lowest BCUT2D eigenvalue weighted by atomic mass is 10.1. The number of nitrogens with one attached hydrogen (secondary N) is 2. The first-order valence-electron chi connectivity index (χ1n) is 7.86. The van der Waals surface area contributed by atoms with Crippen molar-refractivity contribution in [3.8, 4) is 5.75 Å². The van der Waals surface area contributed by atoms with E-state index in [1.165, 1.54) is 12.1 Å². The molecule has 1 aliphatic rings. The molecule has 0 spiro atoms. The van der Waals surface area contributed by atoms with Gasteiger partial charge in [-0.15, -0.1) is 0 Å². The number of rotatable bonds is 4. The second-order valence-corrected chi connectivity index (χ2v) is 6.61. The fourth-order valence-electron chi connectivity index (χ4n) is 2.60. The van der Waals surface area contributed by atoms with Crippen molar-refractivity contribution in [1.29, 1.82) is 0 Å². The van der Waals surface area contributed by atoms with Crippen molar-refractivity contribution in [2.75, 3.05) is 18.7 Å². The Morgan fingerprint density at radius 2 is 2.16 bits per heavy atom. The van der Waals surface area contributed by atoms with Crippen LogP contribution in [0.1, 0.15) is 16.7 Å². The molecule has 132 valence electrons. The molecular formula is C18H18BrFN2O3. The Bertz CT molecular complexity index is 798. The van der Waals surface area contributed by atoms with E-state index in [0.29, 0.717) is 36.6 Å². The summed E-state index contributed by atoms with van der Waals surface area (Å²) in [6, 6.07) is 8.11. The lowest BCUT2D eigenvalue weighted by molar-refractivity contribution is -0.0172. The first-order chi connectivity index (χ1) is 12.0. The minimum Gasteiger partial charge on any atom is -0.467 e. The van der Waals surface area contributed by atoms with E-state index in [-0.39, 0.29) is 18.6 Å². The number of aryl methyl sites for hydroxylation is 1. The van der Waals surface area contributed by atoms with Crippen molar-refractivity contribution in [3.05, 3.63) is 57.3 Å². The fourth-order valence-corrected chi connectivity index (χ4v) is 2.98. The topological polar surface area (TPSA) is 59.6 Å². The molecule has 1 aliphatic heterocycles. The summed E-state index contributed by atoms with van der Waals surface area (Å²) in [7, 11) is 0. The second-order valence-electron chi connectivity index (χ2n) is 5.76. The summed E-state index contributed by atoms with van der Waals surface area (Å²) in [4.78, 5) is 12.0. The molecule has 2 N–H and O–H groups in total. The van der Waals surface area contributed by atoms with Crippen LogP contribution in [0.5, 0.6) is 5.75 Å². The normalized spacial score (nSPS) is 12.9. The van der Waals surface area contributed by atoms with Crippen LogP contribution < -0.4 is 15.4 Å². The third kappa shape index (κ3) is 4.49. The molecule has 0 saturated heterocycles. The van der Waals surface area contributed by atoms with Crippen molar-refractivity contribution in [2.45, 2.75) is 20.0 Å². The van der Waals surface area contributed by atoms with E-state index < -0.39 is 0 Å². The molecule has 2 aromatic rings. The first kappa shape index (κ1) is 17.7. The number of hydrogen-bond donors (Lipinski definition) is 2. The van der Waals surface area contributed by atoms with Gasteiger partial charge in [0.05, 0.1) is 6.61 Å². The number of urea groups is 1. The SMILES string of the molecule is Cc1ccc(NC(=O)NCCc2cc(F)cc3c2OCOC3)cc1Br. The Morgan fingerprint density at radius 3 is 2.96 bits per heavy atom. The Labute approximate surface area is 153 Å². The third-order valence-electron chi connectivity index (χ3n) is 3.86. The second kappa shape index (κ2) is 7.84. The maximum atomic E-state index is 13.7. The predicted molar refractivity (Wildman–Crippen MR) is 96.3 cm³/mol. The summed E-state index contributed by atoms with van der Waals surface area (Å²) in [6.07, 6.45) is 0.463. The van der Waals surface area contributed by atoms with Gasteiger partial charge in [0.15, 0.2) is 6.79 Å². The summed E-state index contributed by atoms with van der Waals surface area (Å²) in [5.41, 5.74) is 3.19. The van der Waals surface area contributed by atoms with Crippen LogP contribution in [-0.4, -0.2) is 19.4 Å². The van der Waals surface area contributed by atoms with E-state index in [1.807, 2.05) is 25.1 Å². The van der Waals surface area contributed by atoms with Crippen LogP contribution >= 0.6 is 15.9 Å². The third-order valence-corrected chi connectivity index (χ3v) is 4.72. The van der Waals surface area contributed by atoms with Gasteiger partial charge >= 0.3 is 6.03 Å². The fraction of sp³-hybridized carbons (Fsp3) is 0.278. The van der Waals surface area contributed by atoms with Crippen molar-refractivity contribution in [1.82, 2.24) is 5.32 Å². The number of carbonyl (C=O) groups is 1. The van der Waals surface area contributed by atoms with Crippen LogP contribution in [0.3, 0.4) is 0 Å².